The molecule has 0 N–H and O–H groups in total. The van der Waals surface area contributed by atoms with E-state index >= 15 is 0 Å². The molecule has 2 aromatic heterocycles. The number of fused-ring (bicyclic) bond motifs is 2. The molecule has 8 rings (SSSR count). The third-order valence-corrected chi connectivity index (χ3v) is 8.76. The molecule has 0 fully saturated rings. The quantitative estimate of drug-likeness (QED) is 0.199. The third-order valence-electron chi connectivity index (χ3n) is 8.76. The molecule has 0 saturated heterocycles. The lowest BCUT2D eigenvalue weighted by atomic mass is 9.73. The van der Waals surface area contributed by atoms with Crippen LogP contribution in [0, 0.1) is 0 Å². The number of anilines is 3. The van der Waals surface area contributed by atoms with Crippen LogP contribution in [0.5, 0.6) is 0 Å². The first-order valence-electron chi connectivity index (χ1n) is 15.5. The lowest BCUT2D eigenvalue weighted by Gasteiger charge is -2.41. The van der Waals surface area contributed by atoms with Crippen LogP contribution in [0.2, 0.25) is 0 Å². The molecule has 0 radical (unpaired) electrons. The smallest absolute Gasteiger partial charge is 0.167 e. The maximum absolute atomic E-state index is 5.23. The van der Waals surface area contributed by atoms with Crippen molar-refractivity contribution >= 4 is 17.2 Å². The molecule has 0 unspecified atom stereocenters. The highest BCUT2D eigenvalue weighted by atomic mass is 15.2. The van der Waals surface area contributed by atoms with Crippen molar-refractivity contribution in [2.24, 2.45) is 0 Å². The van der Waals surface area contributed by atoms with Gasteiger partial charge in [-0.15, -0.1) is 0 Å². The zero-order valence-corrected chi connectivity index (χ0v) is 25.7. The predicted octanol–water partition coefficient (Wildman–Crippen LogP) is 10.0. The van der Waals surface area contributed by atoms with Crippen LogP contribution in [0.1, 0.15) is 25.0 Å². The summed E-state index contributed by atoms with van der Waals surface area (Å²) in [5.41, 5.74) is 9.19. The Balaban J connectivity index is 1.43. The Hall–Kier alpha value is -5.94. The SMILES string of the molecule is CC1(C)c2ccccc2N(c2ncc(-c3ccccc3)cc2-c2nc(-c3ccccc3)nc(-c3ccccc3)n2)c2ccccc21. The summed E-state index contributed by atoms with van der Waals surface area (Å²) in [4.78, 5) is 22.7. The monoisotopic (exact) mass is 593 g/mol. The van der Waals surface area contributed by atoms with E-state index in [0.717, 1.165) is 45.0 Å². The summed E-state index contributed by atoms with van der Waals surface area (Å²) >= 11 is 0. The van der Waals surface area contributed by atoms with Crippen molar-refractivity contribution in [3.63, 3.8) is 0 Å². The summed E-state index contributed by atoms with van der Waals surface area (Å²) in [5.74, 6) is 2.55. The molecule has 5 heteroatoms. The zero-order valence-electron chi connectivity index (χ0n) is 25.7. The fraction of sp³-hybridized carbons (Fsp3) is 0.0732. The normalized spacial score (nSPS) is 13.1. The van der Waals surface area contributed by atoms with Gasteiger partial charge in [0.2, 0.25) is 0 Å². The molecule has 1 aliphatic heterocycles. The minimum Gasteiger partial charge on any atom is -0.294 e. The largest absolute Gasteiger partial charge is 0.294 e. The maximum atomic E-state index is 5.23. The van der Waals surface area contributed by atoms with Crippen LogP contribution in [0.15, 0.2) is 152 Å². The van der Waals surface area contributed by atoms with Crippen LogP contribution in [-0.2, 0) is 5.41 Å². The maximum Gasteiger partial charge on any atom is 0.167 e. The second kappa shape index (κ2) is 11.2. The molecule has 1 aliphatic rings. The molecular formula is C41H31N5. The molecular weight excluding hydrogens is 562 g/mol. The van der Waals surface area contributed by atoms with Crippen molar-refractivity contribution < 1.29 is 0 Å². The average molecular weight is 594 g/mol. The van der Waals surface area contributed by atoms with E-state index in [1.165, 1.54) is 11.1 Å². The van der Waals surface area contributed by atoms with E-state index in [1.54, 1.807) is 0 Å². The summed E-state index contributed by atoms with van der Waals surface area (Å²) in [6.45, 7) is 4.58. The van der Waals surface area contributed by atoms with Crippen LogP contribution in [0.25, 0.3) is 45.3 Å². The van der Waals surface area contributed by atoms with Crippen LogP contribution in [0.4, 0.5) is 17.2 Å². The predicted molar refractivity (Wildman–Crippen MR) is 186 cm³/mol. The first kappa shape index (κ1) is 27.6. The fourth-order valence-electron chi connectivity index (χ4n) is 6.42. The lowest BCUT2D eigenvalue weighted by molar-refractivity contribution is 0.631. The first-order chi connectivity index (χ1) is 22.6. The number of hydrogen-bond donors (Lipinski definition) is 0. The highest BCUT2D eigenvalue weighted by Gasteiger charge is 2.38. The summed E-state index contributed by atoms with van der Waals surface area (Å²) in [6.07, 6.45) is 1.95. The molecule has 5 nitrogen and oxygen atoms in total. The van der Waals surface area contributed by atoms with E-state index in [9.17, 15) is 0 Å². The van der Waals surface area contributed by atoms with Gasteiger partial charge in [0, 0.05) is 28.3 Å². The highest BCUT2D eigenvalue weighted by molar-refractivity contribution is 5.91. The number of para-hydroxylation sites is 2. The number of nitrogens with zero attached hydrogens (tertiary/aromatic N) is 5. The zero-order chi connectivity index (χ0) is 31.1. The van der Waals surface area contributed by atoms with E-state index in [4.69, 9.17) is 19.9 Å². The average Bonchev–Trinajstić information content (AvgIpc) is 3.13. The molecule has 0 atom stereocenters. The molecule has 0 bridgehead atoms. The number of benzene rings is 5. The molecule has 46 heavy (non-hydrogen) atoms. The Morgan fingerprint density at radius 2 is 0.891 bits per heavy atom. The number of hydrogen-bond acceptors (Lipinski definition) is 5. The van der Waals surface area contributed by atoms with Crippen molar-refractivity contribution in [3.8, 4) is 45.3 Å². The lowest BCUT2D eigenvalue weighted by Crippen LogP contribution is -2.31. The van der Waals surface area contributed by atoms with E-state index < -0.39 is 0 Å². The minimum atomic E-state index is -0.193. The van der Waals surface area contributed by atoms with Gasteiger partial charge in [0.1, 0.15) is 5.82 Å². The van der Waals surface area contributed by atoms with Crippen LogP contribution >= 0.6 is 0 Å². The highest BCUT2D eigenvalue weighted by Crippen LogP contribution is 2.52. The van der Waals surface area contributed by atoms with Gasteiger partial charge in [0.05, 0.1) is 16.9 Å². The van der Waals surface area contributed by atoms with Gasteiger partial charge >= 0.3 is 0 Å². The molecule has 0 spiro atoms. The summed E-state index contributed by atoms with van der Waals surface area (Å²) in [7, 11) is 0. The topological polar surface area (TPSA) is 54.8 Å². The summed E-state index contributed by atoms with van der Waals surface area (Å²) < 4.78 is 0. The molecule has 3 heterocycles. The van der Waals surface area contributed by atoms with Crippen molar-refractivity contribution in [2.45, 2.75) is 19.3 Å². The standard InChI is InChI=1S/C41H31N5/c1-41(2)33-22-12-14-24-35(33)46(36-25-15-13-23-34(36)41)40-32(26-31(27-42-40)28-16-6-3-7-17-28)39-44-37(29-18-8-4-9-19-29)43-38(45-39)30-20-10-5-11-21-30/h3-27H,1-2H3. The number of aromatic nitrogens is 4. The van der Waals surface area contributed by atoms with Gasteiger partial charge in [0.15, 0.2) is 17.5 Å². The Kier molecular flexibility index (Phi) is 6.72. The fourth-order valence-corrected chi connectivity index (χ4v) is 6.42. The molecule has 0 saturated carbocycles. The van der Waals surface area contributed by atoms with Crippen LogP contribution < -0.4 is 4.90 Å². The Morgan fingerprint density at radius 1 is 0.457 bits per heavy atom. The van der Waals surface area contributed by atoms with E-state index in [-0.39, 0.29) is 5.41 Å². The van der Waals surface area contributed by atoms with Crippen molar-refractivity contribution in [2.75, 3.05) is 4.90 Å². The van der Waals surface area contributed by atoms with Crippen molar-refractivity contribution in [1.29, 1.82) is 0 Å². The van der Waals surface area contributed by atoms with E-state index in [2.05, 4.69) is 85.5 Å². The summed E-state index contributed by atoms with van der Waals surface area (Å²) in [5, 5.41) is 0. The Bertz CT molecular complexity index is 2070. The minimum absolute atomic E-state index is 0.193. The van der Waals surface area contributed by atoms with Crippen LogP contribution in [-0.4, -0.2) is 19.9 Å². The second-order valence-electron chi connectivity index (χ2n) is 12.0. The van der Waals surface area contributed by atoms with Gasteiger partial charge in [0.25, 0.3) is 0 Å². The second-order valence-corrected chi connectivity index (χ2v) is 12.0. The van der Waals surface area contributed by atoms with E-state index in [0.29, 0.717) is 17.5 Å². The van der Waals surface area contributed by atoms with Gasteiger partial charge in [-0.3, -0.25) is 4.90 Å². The van der Waals surface area contributed by atoms with Crippen LogP contribution in [0.3, 0.4) is 0 Å². The molecule has 220 valence electrons. The van der Waals surface area contributed by atoms with E-state index in [1.807, 2.05) is 85.1 Å². The Labute approximate surface area is 269 Å². The molecule has 7 aromatic rings. The molecule has 5 aromatic carbocycles. The van der Waals surface area contributed by atoms with Crippen molar-refractivity contribution in [1.82, 2.24) is 19.9 Å². The van der Waals surface area contributed by atoms with Gasteiger partial charge in [-0.1, -0.05) is 141 Å². The van der Waals surface area contributed by atoms with Gasteiger partial charge in [-0.2, -0.15) is 0 Å². The molecule has 0 amide bonds. The Morgan fingerprint density at radius 3 is 1.41 bits per heavy atom. The number of pyridine rings is 1. The first-order valence-corrected chi connectivity index (χ1v) is 15.5. The molecule has 0 aliphatic carbocycles. The van der Waals surface area contributed by atoms with Gasteiger partial charge in [-0.25, -0.2) is 19.9 Å². The number of rotatable bonds is 5. The van der Waals surface area contributed by atoms with Gasteiger partial charge < -0.3 is 0 Å². The summed E-state index contributed by atoms with van der Waals surface area (Å²) in [6, 6.07) is 49.9. The van der Waals surface area contributed by atoms with Crippen molar-refractivity contribution in [3.05, 3.63) is 163 Å². The van der Waals surface area contributed by atoms with Gasteiger partial charge in [-0.05, 0) is 34.9 Å². The third kappa shape index (κ3) is 4.74.